The van der Waals surface area contributed by atoms with Crippen molar-refractivity contribution in [2.45, 2.75) is 19.4 Å². The van der Waals surface area contributed by atoms with Gasteiger partial charge < -0.3 is 9.73 Å². The van der Waals surface area contributed by atoms with Gasteiger partial charge in [-0.1, -0.05) is 19.1 Å². The summed E-state index contributed by atoms with van der Waals surface area (Å²) in [5.74, 6) is -0.227. The van der Waals surface area contributed by atoms with Crippen molar-refractivity contribution in [1.82, 2.24) is 5.32 Å². The van der Waals surface area contributed by atoms with Gasteiger partial charge in [-0.15, -0.1) is 0 Å². The van der Waals surface area contributed by atoms with Crippen LogP contribution in [0.25, 0.3) is 0 Å². The van der Waals surface area contributed by atoms with Crippen LogP contribution in [0, 0.1) is 5.82 Å². The first-order valence-electron chi connectivity index (χ1n) is 5.90. The molecule has 2 aromatic rings. The van der Waals surface area contributed by atoms with Gasteiger partial charge in [0.15, 0.2) is 0 Å². The third-order valence-corrected chi connectivity index (χ3v) is 3.74. The number of halogens is 2. The fourth-order valence-corrected chi connectivity index (χ4v) is 2.38. The molecule has 0 spiro atoms. The molecule has 0 bridgehead atoms. The van der Waals surface area contributed by atoms with Crippen molar-refractivity contribution in [2.24, 2.45) is 0 Å². The molecule has 1 N–H and O–H groups in total. The molecule has 1 aromatic heterocycles. The third kappa shape index (κ3) is 3.00. The fourth-order valence-electron chi connectivity index (χ4n) is 1.95. The second-order valence-electron chi connectivity index (χ2n) is 4.08. The molecule has 1 aromatic carbocycles. The number of furan rings is 1. The standard InChI is InChI=1S/C14H15BrFNO/c1-2-17-13(11-6-7-18-9-11)8-10-4-3-5-12(16)14(10)15/h3-7,9,13,17H,2,8H2,1H3. The van der Waals surface area contributed by atoms with E-state index in [1.165, 1.54) is 6.07 Å². The van der Waals surface area contributed by atoms with Crippen LogP contribution >= 0.6 is 15.9 Å². The van der Waals surface area contributed by atoms with Gasteiger partial charge in [0.05, 0.1) is 17.0 Å². The van der Waals surface area contributed by atoms with E-state index >= 15 is 0 Å². The lowest BCUT2D eigenvalue weighted by Crippen LogP contribution is -2.22. The van der Waals surface area contributed by atoms with Gasteiger partial charge in [0.2, 0.25) is 0 Å². The summed E-state index contributed by atoms with van der Waals surface area (Å²) < 4.78 is 19.1. The van der Waals surface area contributed by atoms with Crippen LogP contribution in [0.1, 0.15) is 24.1 Å². The second kappa shape index (κ2) is 6.16. The van der Waals surface area contributed by atoms with E-state index in [1.807, 2.05) is 19.1 Å². The predicted octanol–water partition coefficient (Wildman–Crippen LogP) is 4.07. The van der Waals surface area contributed by atoms with Gasteiger partial charge in [0.25, 0.3) is 0 Å². The van der Waals surface area contributed by atoms with E-state index in [0.717, 1.165) is 17.7 Å². The second-order valence-corrected chi connectivity index (χ2v) is 4.88. The van der Waals surface area contributed by atoms with Gasteiger partial charge in [-0.2, -0.15) is 0 Å². The summed E-state index contributed by atoms with van der Waals surface area (Å²) in [6.07, 6.45) is 4.09. The third-order valence-electron chi connectivity index (χ3n) is 2.85. The Bertz CT molecular complexity index is 499. The lowest BCUT2D eigenvalue weighted by Gasteiger charge is -2.17. The zero-order valence-corrected chi connectivity index (χ0v) is 11.7. The molecule has 96 valence electrons. The fraction of sp³-hybridized carbons (Fsp3) is 0.286. The number of hydrogen-bond donors (Lipinski definition) is 1. The van der Waals surface area contributed by atoms with Crippen LogP contribution in [0.3, 0.4) is 0 Å². The molecule has 4 heteroatoms. The highest BCUT2D eigenvalue weighted by molar-refractivity contribution is 9.10. The number of likely N-dealkylation sites (N-methyl/N-ethyl adjacent to an activating group) is 1. The minimum atomic E-state index is -0.227. The van der Waals surface area contributed by atoms with Crippen LogP contribution in [0.4, 0.5) is 4.39 Å². The molecule has 1 atom stereocenters. The van der Waals surface area contributed by atoms with Gasteiger partial charge in [-0.05, 0) is 46.6 Å². The summed E-state index contributed by atoms with van der Waals surface area (Å²) in [5.41, 5.74) is 2.02. The summed E-state index contributed by atoms with van der Waals surface area (Å²) in [6, 6.07) is 7.17. The molecule has 0 aliphatic rings. The first-order valence-corrected chi connectivity index (χ1v) is 6.70. The predicted molar refractivity (Wildman–Crippen MR) is 72.9 cm³/mol. The van der Waals surface area contributed by atoms with Gasteiger partial charge in [0, 0.05) is 11.6 Å². The van der Waals surface area contributed by atoms with Crippen molar-refractivity contribution in [1.29, 1.82) is 0 Å². The van der Waals surface area contributed by atoms with E-state index in [9.17, 15) is 4.39 Å². The zero-order chi connectivity index (χ0) is 13.0. The van der Waals surface area contributed by atoms with Crippen LogP contribution < -0.4 is 5.32 Å². The van der Waals surface area contributed by atoms with Crippen LogP contribution in [-0.4, -0.2) is 6.54 Å². The molecule has 0 saturated heterocycles. The summed E-state index contributed by atoms with van der Waals surface area (Å²) in [4.78, 5) is 0. The number of benzene rings is 1. The number of rotatable bonds is 5. The molecular formula is C14H15BrFNO. The molecule has 0 radical (unpaired) electrons. The van der Waals surface area contributed by atoms with E-state index in [4.69, 9.17) is 4.42 Å². The van der Waals surface area contributed by atoms with Gasteiger partial charge >= 0.3 is 0 Å². The summed E-state index contributed by atoms with van der Waals surface area (Å²) in [5, 5.41) is 3.38. The van der Waals surface area contributed by atoms with Crippen LogP contribution in [0.5, 0.6) is 0 Å². The van der Waals surface area contributed by atoms with E-state index < -0.39 is 0 Å². The van der Waals surface area contributed by atoms with Crippen molar-refractivity contribution in [3.8, 4) is 0 Å². The molecule has 18 heavy (non-hydrogen) atoms. The highest BCUT2D eigenvalue weighted by Gasteiger charge is 2.15. The Balaban J connectivity index is 2.21. The zero-order valence-electron chi connectivity index (χ0n) is 10.1. The molecule has 2 rings (SSSR count). The maximum atomic E-state index is 13.5. The molecule has 0 amide bonds. The number of hydrogen-bond acceptors (Lipinski definition) is 2. The van der Waals surface area contributed by atoms with Crippen molar-refractivity contribution in [3.05, 3.63) is 58.2 Å². The van der Waals surface area contributed by atoms with Crippen LogP contribution in [0.2, 0.25) is 0 Å². The molecule has 1 heterocycles. The summed E-state index contributed by atoms with van der Waals surface area (Å²) >= 11 is 3.30. The Morgan fingerprint density at radius 1 is 1.39 bits per heavy atom. The SMILES string of the molecule is CCNC(Cc1cccc(F)c1Br)c1ccoc1. The minimum absolute atomic E-state index is 0.131. The van der Waals surface area contributed by atoms with Crippen molar-refractivity contribution < 1.29 is 8.81 Å². The molecule has 1 unspecified atom stereocenters. The largest absolute Gasteiger partial charge is 0.472 e. The lowest BCUT2D eigenvalue weighted by molar-refractivity contribution is 0.522. The van der Waals surface area contributed by atoms with E-state index in [2.05, 4.69) is 21.2 Å². The maximum absolute atomic E-state index is 13.5. The summed E-state index contributed by atoms with van der Waals surface area (Å²) in [6.45, 7) is 2.90. The Hall–Kier alpha value is -1.13. The normalized spacial score (nSPS) is 12.6. The molecule has 0 fully saturated rings. The van der Waals surface area contributed by atoms with E-state index in [-0.39, 0.29) is 11.9 Å². The van der Waals surface area contributed by atoms with Crippen molar-refractivity contribution in [2.75, 3.05) is 6.54 Å². The highest BCUT2D eigenvalue weighted by Crippen LogP contribution is 2.26. The Kier molecular flexibility index (Phi) is 4.55. The topological polar surface area (TPSA) is 25.2 Å². The highest BCUT2D eigenvalue weighted by atomic mass is 79.9. The van der Waals surface area contributed by atoms with E-state index in [0.29, 0.717) is 10.9 Å². The Morgan fingerprint density at radius 2 is 2.22 bits per heavy atom. The first-order chi connectivity index (χ1) is 8.72. The van der Waals surface area contributed by atoms with Crippen LogP contribution in [0.15, 0.2) is 45.7 Å². The Morgan fingerprint density at radius 3 is 2.89 bits per heavy atom. The van der Waals surface area contributed by atoms with Gasteiger partial charge in [-0.25, -0.2) is 4.39 Å². The average molecular weight is 312 g/mol. The van der Waals surface area contributed by atoms with Crippen LogP contribution in [-0.2, 0) is 6.42 Å². The molecule has 2 nitrogen and oxygen atoms in total. The van der Waals surface area contributed by atoms with Gasteiger partial charge in [-0.3, -0.25) is 0 Å². The molecule has 0 saturated carbocycles. The maximum Gasteiger partial charge on any atom is 0.137 e. The molecular weight excluding hydrogens is 297 g/mol. The molecule has 0 aliphatic heterocycles. The Labute approximate surface area is 114 Å². The van der Waals surface area contributed by atoms with E-state index in [1.54, 1.807) is 18.6 Å². The average Bonchev–Trinajstić information content (AvgIpc) is 2.88. The monoisotopic (exact) mass is 311 g/mol. The van der Waals surface area contributed by atoms with Crippen molar-refractivity contribution in [3.63, 3.8) is 0 Å². The number of nitrogens with one attached hydrogen (secondary N) is 1. The first kappa shape index (κ1) is 13.3. The lowest BCUT2D eigenvalue weighted by atomic mass is 10.0. The minimum Gasteiger partial charge on any atom is -0.472 e. The summed E-state index contributed by atoms with van der Waals surface area (Å²) in [7, 11) is 0. The molecule has 0 aliphatic carbocycles. The van der Waals surface area contributed by atoms with Crippen molar-refractivity contribution >= 4 is 15.9 Å². The smallest absolute Gasteiger partial charge is 0.137 e. The quantitative estimate of drug-likeness (QED) is 0.900. The van der Waals surface area contributed by atoms with Gasteiger partial charge in [0.1, 0.15) is 5.82 Å².